The molecule has 1 unspecified atom stereocenters. The van der Waals surface area contributed by atoms with Gasteiger partial charge in [0.15, 0.2) is 11.1 Å². The second-order valence-corrected chi connectivity index (χ2v) is 10.4. The smallest absolute Gasteiger partial charge is 0.305 e. The Hall–Kier alpha value is -4.22. The lowest BCUT2D eigenvalue weighted by molar-refractivity contribution is -0.137. The van der Waals surface area contributed by atoms with Crippen LogP contribution in [0.4, 0.5) is 0 Å². The third-order valence-corrected chi connectivity index (χ3v) is 6.34. The van der Waals surface area contributed by atoms with Gasteiger partial charge in [0.05, 0.1) is 6.42 Å². The van der Waals surface area contributed by atoms with E-state index in [2.05, 4.69) is 36.9 Å². The summed E-state index contributed by atoms with van der Waals surface area (Å²) in [6.45, 7) is 3.89. The number of nitrogens with two attached hydrogens (primary N) is 3. The summed E-state index contributed by atoms with van der Waals surface area (Å²) in [6, 6.07) is -3.02. The number of hydrogen-bond acceptors (Lipinski definition) is 8. The fourth-order valence-corrected chi connectivity index (χ4v) is 4.08. The summed E-state index contributed by atoms with van der Waals surface area (Å²) in [5.74, 6) is -3.64. The number of amides is 5. The third-order valence-electron chi connectivity index (χ3n) is 6.06. The Balaban J connectivity index is 5.37. The zero-order valence-electron chi connectivity index (χ0n) is 25.4. The molecule has 0 saturated heterocycles. The van der Waals surface area contributed by atoms with Crippen LogP contribution in [0.2, 0.25) is 0 Å². The summed E-state index contributed by atoms with van der Waals surface area (Å²) in [6.07, 6.45) is 2.96. The number of thiocarbonyl (C=S) groups is 1. The summed E-state index contributed by atoms with van der Waals surface area (Å²) in [4.78, 5) is 75.8. The minimum atomic E-state index is -1.06. The third kappa shape index (κ3) is 21.5. The number of nitrogens with zero attached hydrogens (tertiary/aromatic N) is 1. The molecular formula is C26H48N10O7S. The van der Waals surface area contributed by atoms with E-state index in [0.717, 1.165) is 0 Å². The van der Waals surface area contributed by atoms with Gasteiger partial charge in [0.1, 0.15) is 18.1 Å². The predicted molar refractivity (Wildman–Crippen MR) is 168 cm³/mol. The molecule has 13 N–H and O–H groups in total. The molecule has 0 bridgehead atoms. The Morgan fingerprint density at radius 1 is 0.682 bits per heavy atom. The molecule has 0 aliphatic carbocycles. The minimum absolute atomic E-state index is 0.0896. The van der Waals surface area contributed by atoms with Gasteiger partial charge in [0, 0.05) is 40.0 Å². The van der Waals surface area contributed by atoms with E-state index >= 15 is 0 Å². The van der Waals surface area contributed by atoms with Crippen LogP contribution in [-0.2, 0) is 28.8 Å². The number of aliphatic imine (C=N–C) groups is 1. The van der Waals surface area contributed by atoms with Gasteiger partial charge in [0.2, 0.25) is 29.5 Å². The molecule has 17 nitrogen and oxygen atoms in total. The van der Waals surface area contributed by atoms with Crippen molar-refractivity contribution in [3.63, 3.8) is 0 Å². The molecule has 3 atom stereocenters. The van der Waals surface area contributed by atoms with Crippen molar-refractivity contribution in [1.82, 2.24) is 31.9 Å². The Kier molecular flexibility index (Phi) is 21.0. The van der Waals surface area contributed by atoms with Crippen LogP contribution < -0.4 is 49.1 Å². The summed E-state index contributed by atoms with van der Waals surface area (Å²) in [5.41, 5.74) is 16.2. The number of unbranched alkanes of at least 4 members (excludes halogenated alkanes) is 2. The topological polar surface area (TPSA) is 285 Å². The number of carbonyl (C=O) groups is 6. The predicted octanol–water partition coefficient (Wildman–Crippen LogP) is -2.58. The van der Waals surface area contributed by atoms with E-state index < -0.39 is 47.7 Å². The van der Waals surface area contributed by atoms with Crippen molar-refractivity contribution in [2.24, 2.45) is 22.2 Å². The first-order valence-electron chi connectivity index (χ1n) is 14.4. The van der Waals surface area contributed by atoms with E-state index in [1.165, 1.54) is 13.8 Å². The number of carboxylic acid groups (broad SMARTS) is 1. The molecule has 0 radical (unpaired) electrons. The molecule has 0 rings (SSSR count). The standard InChI is InChI=1S/C26H48N10O7S/c1-16(37)30-12-5-3-8-18(22(27)41)35-24(43)20(9-4-6-13-32-26(44)33-15-11-21(39)40)36-23(42)19(34-17(2)38)10-7-14-31-25(28)29/h18-20H,3-15H2,1-2H3,(H2,27,41)(H,30,37)(H,34,38)(H,35,43)(H,36,42)(H,39,40)(H4,28,29,31)(H2,32,33,44)/t18-,19?,20-/m0/s1. The Morgan fingerprint density at radius 2 is 1.18 bits per heavy atom. The quantitative estimate of drug-likeness (QED) is 0.0237. The average molecular weight is 645 g/mol. The molecule has 0 saturated carbocycles. The van der Waals surface area contributed by atoms with Gasteiger partial charge in [0.25, 0.3) is 0 Å². The SMILES string of the molecule is CC(=O)NCCCC[C@H](NC(=O)[C@H](CCCCNC(=S)NCCC(=O)O)NC(=O)C(CCCN=C(N)N)NC(C)=O)C(N)=O. The number of carboxylic acids is 1. The van der Waals surface area contributed by atoms with Gasteiger partial charge in [-0.15, -0.1) is 0 Å². The maximum atomic E-state index is 13.3. The molecule has 0 spiro atoms. The van der Waals surface area contributed by atoms with E-state index in [1.807, 2.05) is 0 Å². The maximum Gasteiger partial charge on any atom is 0.305 e. The molecule has 0 aliphatic rings. The molecule has 0 aromatic carbocycles. The number of primary amides is 1. The molecule has 5 amide bonds. The van der Waals surface area contributed by atoms with E-state index in [1.54, 1.807) is 0 Å². The van der Waals surface area contributed by atoms with Crippen LogP contribution in [0.5, 0.6) is 0 Å². The zero-order valence-corrected chi connectivity index (χ0v) is 26.2. The van der Waals surface area contributed by atoms with Crippen LogP contribution in [0.15, 0.2) is 4.99 Å². The van der Waals surface area contributed by atoms with Gasteiger partial charge in [-0.25, -0.2) is 0 Å². The van der Waals surface area contributed by atoms with Gasteiger partial charge < -0.3 is 54.2 Å². The van der Waals surface area contributed by atoms with Crippen LogP contribution in [0, 0.1) is 0 Å². The normalized spacial score (nSPS) is 12.4. The van der Waals surface area contributed by atoms with Crippen LogP contribution >= 0.6 is 12.2 Å². The lowest BCUT2D eigenvalue weighted by atomic mass is 10.0. The summed E-state index contributed by atoms with van der Waals surface area (Å²) < 4.78 is 0. The Bertz CT molecular complexity index is 1010. The number of aliphatic carboxylic acids is 1. The van der Waals surface area contributed by atoms with Crippen molar-refractivity contribution >= 4 is 58.8 Å². The van der Waals surface area contributed by atoms with Crippen LogP contribution in [0.1, 0.15) is 71.6 Å². The first-order chi connectivity index (χ1) is 20.7. The highest BCUT2D eigenvalue weighted by atomic mass is 32.1. The largest absolute Gasteiger partial charge is 0.481 e. The van der Waals surface area contributed by atoms with Gasteiger partial charge in [-0.05, 0) is 63.6 Å². The molecule has 18 heteroatoms. The van der Waals surface area contributed by atoms with Gasteiger partial charge >= 0.3 is 5.97 Å². The summed E-state index contributed by atoms with van der Waals surface area (Å²) in [7, 11) is 0. The first-order valence-corrected chi connectivity index (χ1v) is 14.8. The molecule has 0 aromatic rings. The molecule has 250 valence electrons. The molecular weight excluding hydrogens is 596 g/mol. The van der Waals surface area contributed by atoms with E-state index in [-0.39, 0.29) is 55.8 Å². The van der Waals surface area contributed by atoms with Crippen molar-refractivity contribution in [1.29, 1.82) is 0 Å². The highest BCUT2D eigenvalue weighted by molar-refractivity contribution is 7.80. The van der Waals surface area contributed by atoms with Gasteiger partial charge in [-0.1, -0.05) is 0 Å². The number of carbonyl (C=O) groups excluding carboxylic acids is 5. The van der Waals surface area contributed by atoms with Crippen LogP contribution in [-0.4, -0.2) is 96.0 Å². The molecule has 0 aromatic heterocycles. The number of hydrogen-bond donors (Lipinski definition) is 10. The van der Waals surface area contributed by atoms with Crippen molar-refractivity contribution in [3.05, 3.63) is 0 Å². The van der Waals surface area contributed by atoms with Crippen molar-refractivity contribution in [2.75, 3.05) is 26.2 Å². The Labute approximate surface area is 262 Å². The van der Waals surface area contributed by atoms with Gasteiger partial charge in [-0.3, -0.25) is 33.8 Å². The van der Waals surface area contributed by atoms with Gasteiger partial charge in [-0.2, -0.15) is 0 Å². The summed E-state index contributed by atoms with van der Waals surface area (Å²) >= 11 is 5.11. The number of guanidine groups is 1. The van der Waals surface area contributed by atoms with Crippen LogP contribution in [0.25, 0.3) is 0 Å². The monoisotopic (exact) mass is 644 g/mol. The Morgan fingerprint density at radius 3 is 1.70 bits per heavy atom. The van der Waals surface area contributed by atoms with Crippen LogP contribution in [0.3, 0.4) is 0 Å². The van der Waals surface area contributed by atoms with Crippen molar-refractivity contribution in [2.45, 2.75) is 89.8 Å². The number of nitrogens with one attached hydrogen (secondary N) is 6. The lowest BCUT2D eigenvalue weighted by Crippen LogP contribution is -2.56. The zero-order chi connectivity index (χ0) is 33.5. The highest BCUT2D eigenvalue weighted by Crippen LogP contribution is 2.07. The lowest BCUT2D eigenvalue weighted by Gasteiger charge is -2.25. The second kappa shape index (κ2) is 23.3. The number of rotatable bonds is 23. The second-order valence-electron chi connectivity index (χ2n) is 10.0. The average Bonchev–Trinajstić information content (AvgIpc) is 2.91. The minimum Gasteiger partial charge on any atom is -0.481 e. The van der Waals surface area contributed by atoms with E-state index in [9.17, 15) is 28.8 Å². The molecule has 44 heavy (non-hydrogen) atoms. The van der Waals surface area contributed by atoms with E-state index in [0.29, 0.717) is 45.2 Å². The highest BCUT2D eigenvalue weighted by Gasteiger charge is 2.28. The molecule has 0 fully saturated rings. The maximum absolute atomic E-state index is 13.3. The van der Waals surface area contributed by atoms with E-state index in [4.69, 9.17) is 34.5 Å². The molecule has 0 aliphatic heterocycles. The fraction of sp³-hybridized carbons (Fsp3) is 0.692. The fourth-order valence-electron chi connectivity index (χ4n) is 3.88. The van der Waals surface area contributed by atoms with Crippen molar-refractivity contribution in [3.8, 4) is 0 Å². The first kappa shape index (κ1) is 39.8. The molecule has 0 heterocycles. The summed E-state index contributed by atoms with van der Waals surface area (Å²) in [5, 5.41) is 25.2. The van der Waals surface area contributed by atoms with Crippen molar-refractivity contribution < 1.29 is 33.9 Å².